The van der Waals surface area contributed by atoms with E-state index >= 15 is 0 Å². The topological polar surface area (TPSA) is 34.1 Å². The van der Waals surface area contributed by atoms with Crippen molar-refractivity contribution in [3.8, 4) is 0 Å². The summed E-state index contributed by atoms with van der Waals surface area (Å²) in [5.41, 5.74) is 2.44. The molecule has 0 atom stereocenters. The fraction of sp³-hybridized carbons (Fsp3) is 0. The van der Waals surface area contributed by atoms with Crippen LogP contribution in [0.1, 0.15) is 11.1 Å². The largest absolute Gasteiger partial charge is 0.281 e. The van der Waals surface area contributed by atoms with Crippen molar-refractivity contribution in [2.45, 2.75) is 0 Å². The normalized spacial score (nSPS) is 8.95. The molecule has 0 heterocycles. The molecule has 0 amide bonds. The second kappa shape index (κ2) is 15.8. The van der Waals surface area contributed by atoms with Crippen molar-refractivity contribution in [1.82, 2.24) is 0 Å². The van der Waals surface area contributed by atoms with E-state index in [9.17, 15) is 0 Å². The Kier molecular flexibility index (Phi) is 15.9. The monoisotopic (exact) mass is 314 g/mol. The first-order chi connectivity index (χ1) is 9.95. The quantitative estimate of drug-likeness (QED) is 0.811. The molecule has 0 saturated heterocycles. The average molecular weight is 314 g/mol. The van der Waals surface area contributed by atoms with E-state index in [2.05, 4.69) is 62.1 Å². The molecule has 2 aromatic carbocycles. The third-order valence-corrected chi connectivity index (χ3v) is 2.29. The van der Waals surface area contributed by atoms with Gasteiger partial charge in [0.25, 0.3) is 13.6 Å². The van der Waals surface area contributed by atoms with Gasteiger partial charge in [0.05, 0.1) is 0 Å². The molecule has 0 aliphatic heterocycles. The van der Waals surface area contributed by atoms with Crippen LogP contribution in [0, 0.1) is 0 Å². The van der Waals surface area contributed by atoms with Gasteiger partial charge in [-0.05, 0) is 11.1 Å². The Balaban J connectivity index is 0. The minimum atomic E-state index is 0. The fourth-order valence-corrected chi connectivity index (χ4v) is 1.46. The summed E-state index contributed by atoms with van der Waals surface area (Å²) in [6.07, 6.45) is 8.31. The van der Waals surface area contributed by atoms with Crippen LogP contribution in [0.4, 0.5) is 0 Å². The second-order valence-electron chi connectivity index (χ2n) is 3.54. The number of allylic oxidation sites excluding steroid dienone is 2. The summed E-state index contributed by atoms with van der Waals surface area (Å²) < 4.78 is 0. The molecule has 2 rings (SSSR count). The Morgan fingerprint density at radius 3 is 1.14 bits per heavy atom. The summed E-state index contributed by atoms with van der Waals surface area (Å²) in [7, 11) is 0. The maximum Gasteiger partial charge on any atom is 0.281 e. The molecule has 0 N–H and O–H groups in total. The first-order valence-corrected chi connectivity index (χ1v) is 5.81. The van der Waals surface area contributed by atoms with E-state index in [4.69, 9.17) is 9.59 Å². The van der Waals surface area contributed by atoms with Gasteiger partial charge in [0.15, 0.2) is 0 Å². The molecule has 0 saturated carbocycles. The summed E-state index contributed by atoms with van der Waals surface area (Å²) in [6, 6.07) is 20.6. The minimum Gasteiger partial charge on any atom is -0.281 e. The van der Waals surface area contributed by atoms with Crippen molar-refractivity contribution in [3.05, 3.63) is 83.9 Å². The summed E-state index contributed by atoms with van der Waals surface area (Å²) >= 11 is 0. The molecule has 0 bridgehead atoms. The Labute approximate surface area is 137 Å². The summed E-state index contributed by atoms with van der Waals surface area (Å²) in [5.74, 6) is 0. The third-order valence-electron chi connectivity index (χ3n) is 2.29. The van der Waals surface area contributed by atoms with Crippen LogP contribution in [0.5, 0.6) is 0 Å². The SMILES string of the molecule is C(C=Cc1ccccc1)=Cc1ccccc1.[C]=O.[C]=O.[Cr]. The van der Waals surface area contributed by atoms with Gasteiger partial charge in [-0.1, -0.05) is 85.0 Å². The van der Waals surface area contributed by atoms with Crippen molar-refractivity contribution in [3.63, 3.8) is 0 Å². The molecular formula is C18H14CrO2. The molecule has 4 radical (unpaired) electrons. The molecule has 0 unspecified atom stereocenters. The third kappa shape index (κ3) is 10.3. The van der Waals surface area contributed by atoms with Crippen LogP contribution >= 0.6 is 0 Å². The number of hydrogen-bond donors (Lipinski definition) is 0. The van der Waals surface area contributed by atoms with Crippen LogP contribution in [0.25, 0.3) is 12.2 Å². The van der Waals surface area contributed by atoms with Crippen molar-refractivity contribution in [2.75, 3.05) is 0 Å². The van der Waals surface area contributed by atoms with Crippen LogP contribution in [-0.2, 0) is 27.0 Å². The van der Waals surface area contributed by atoms with Crippen LogP contribution < -0.4 is 0 Å². The summed E-state index contributed by atoms with van der Waals surface area (Å²) in [5, 5.41) is 0. The number of rotatable bonds is 3. The van der Waals surface area contributed by atoms with Crippen LogP contribution in [0.2, 0.25) is 0 Å². The Morgan fingerprint density at radius 1 is 0.571 bits per heavy atom. The van der Waals surface area contributed by atoms with E-state index in [1.807, 2.05) is 36.4 Å². The van der Waals surface area contributed by atoms with E-state index in [1.165, 1.54) is 11.1 Å². The van der Waals surface area contributed by atoms with Crippen LogP contribution in [0.15, 0.2) is 72.8 Å². The zero-order chi connectivity index (χ0) is 15.1. The first-order valence-electron chi connectivity index (χ1n) is 5.81. The van der Waals surface area contributed by atoms with E-state index in [1.54, 1.807) is 0 Å². The number of benzene rings is 2. The summed E-state index contributed by atoms with van der Waals surface area (Å²) in [4.78, 5) is 15.0. The number of hydrogen-bond acceptors (Lipinski definition) is 2. The van der Waals surface area contributed by atoms with Crippen LogP contribution in [-0.4, -0.2) is 13.6 Å². The molecule has 2 aromatic rings. The van der Waals surface area contributed by atoms with Gasteiger partial charge < -0.3 is 0 Å². The molecule has 0 aliphatic carbocycles. The second-order valence-corrected chi connectivity index (χ2v) is 3.54. The van der Waals surface area contributed by atoms with Crippen molar-refractivity contribution in [2.24, 2.45) is 0 Å². The smallest absolute Gasteiger partial charge is 0.281 e. The van der Waals surface area contributed by atoms with Gasteiger partial charge in [-0.25, -0.2) is 0 Å². The van der Waals surface area contributed by atoms with Gasteiger partial charge in [0.2, 0.25) is 0 Å². The molecule has 21 heavy (non-hydrogen) atoms. The average Bonchev–Trinajstić information content (AvgIpc) is 2.57. The fourth-order valence-electron chi connectivity index (χ4n) is 1.46. The van der Waals surface area contributed by atoms with E-state index in [-0.39, 0.29) is 17.4 Å². The molecule has 0 fully saturated rings. The maximum absolute atomic E-state index is 7.50. The maximum atomic E-state index is 7.50. The molecular weight excluding hydrogens is 300 g/mol. The zero-order valence-corrected chi connectivity index (χ0v) is 12.6. The van der Waals surface area contributed by atoms with Crippen molar-refractivity contribution in [1.29, 1.82) is 0 Å². The molecule has 3 heteroatoms. The first kappa shape index (κ1) is 21.1. The summed E-state index contributed by atoms with van der Waals surface area (Å²) in [6.45, 7) is 9.00. The van der Waals surface area contributed by atoms with Gasteiger partial charge in [0.1, 0.15) is 0 Å². The van der Waals surface area contributed by atoms with Gasteiger partial charge in [-0.2, -0.15) is 0 Å². The van der Waals surface area contributed by atoms with Crippen LogP contribution in [0.3, 0.4) is 0 Å². The molecule has 0 aliphatic rings. The van der Waals surface area contributed by atoms with Gasteiger partial charge >= 0.3 is 0 Å². The Morgan fingerprint density at radius 2 is 0.857 bits per heavy atom. The Hall–Kier alpha value is -2.21. The van der Waals surface area contributed by atoms with Gasteiger partial charge in [0, 0.05) is 17.4 Å². The van der Waals surface area contributed by atoms with Crippen molar-refractivity contribution >= 4 is 25.7 Å². The van der Waals surface area contributed by atoms with E-state index < -0.39 is 0 Å². The van der Waals surface area contributed by atoms with Gasteiger partial charge in [-0.15, -0.1) is 0 Å². The Bertz CT molecular complexity index is 458. The number of carbonyl (C=O) groups excluding carboxylic acids is 2. The van der Waals surface area contributed by atoms with E-state index in [0.29, 0.717) is 0 Å². The minimum absolute atomic E-state index is 0. The molecule has 2 nitrogen and oxygen atoms in total. The predicted molar refractivity (Wildman–Crippen MR) is 82.3 cm³/mol. The predicted octanol–water partition coefficient (Wildman–Crippen LogP) is 3.62. The molecule has 0 aromatic heterocycles. The zero-order valence-electron chi connectivity index (χ0n) is 11.3. The van der Waals surface area contributed by atoms with Gasteiger partial charge in [-0.3, -0.25) is 9.59 Å². The van der Waals surface area contributed by atoms with E-state index in [0.717, 1.165) is 0 Å². The standard InChI is InChI=1S/C16H14.2CO.Cr/c1-3-9-15(10-4-1)13-7-8-14-16-11-5-2-6-12-16;2*1-2;/h1-14H;;;. The van der Waals surface area contributed by atoms with Crippen molar-refractivity contribution < 1.29 is 27.0 Å². The molecule has 0 spiro atoms. The molecule has 104 valence electrons.